The third kappa shape index (κ3) is 3.04. The standard InChI is InChI=1S/C22H16N2O/c1-15-7-9-16(10-8-15)21-14-23-20-13-18(11-12-19(20)24-21)22(25)17-5-3-2-4-6-17/h2-14H,1H3. The van der Waals surface area contributed by atoms with E-state index in [0.717, 1.165) is 22.3 Å². The molecular formula is C22H16N2O. The van der Waals surface area contributed by atoms with Crippen molar-refractivity contribution in [3.63, 3.8) is 0 Å². The number of nitrogens with zero attached hydrogens (tertiary/aromatic N) is 2. The number of hydrogen-bond donors (Lipinski definition) is 0. The number of rotatable bonds is 3. The maximum atomic E-state index is 12.6. The molecule has 4 aromatic rings. The monoisotopic (exact) mass is 324 g/mol. The van der Waals surface area contributed by atoms with E-state index in [1.807, 2.05) is 54.6 Å². The molecule has 0 spiro atoms. The quantitative estimate of drug-likeness (QED) is 0.507. The molecule has 0 aliphatic rings. The average molecular weight is 324 g/mol. The summed E-state index contributed by atoms with van der Waals surface area (Å²) in [6.45, 7) is 2.06. The van der Waals surface area contributed by atoms with Crippen molar-refractivity contribution in [1.29, 1.82) is 0 Å². The summed E-state index contributed by atoms with van der Waals surface area (Å²) >= 11 is 0. The zero-order chi connectivity index (χ0) is 17.2. The van der Waals surface area contributed by atoms with Gasteiger partial charge in [0.1, 0.15) is 0 Å². The Hall–Kier alpha value is -3.33. The fourth-order valence-corrected chi connectivity index (χ4v) is 2.77. The van der Waals surface area contributed by atoms with Crippen molar-refractivity contribution >= 4 is 16.8 Å². The molecule has 0 aliphatic carbocycles. The van der Waals surface area contributed by atoms with Gasteiger partial charge in [0.2, 0.25) is 0 Å². The predicted molar refractivity (Wildman–Crippen MR) is 99.6 cm³/mol. The van der Waals surface area contributed by atoms with E-state index in [-0.39, 0.29) is 5.78 Å². The molecule has 0 bridgehead atoms. The molecule has 0 radical (unpaired) electrons. The van der Waals surface area contributed by atoms with Gasteiger partial charge in [0, 0.05) is 16.7 Å². The molecule has 3 aromatic carbocycles. The van der Waals surface area contributed by atoms with Gasteiger partial charge in [0.05, 0.1) is 22.9 Å². The third-order valence-electron chi connectivity index (χ3n) is 4.19. The van der Waals surface area contributed by atoms with E-state index in [1.165, 1.54) is 5.56 Å². The SMILES string of the molecule is Cc1ccc(-c2cnc3cc(C(=O)c4ccccc4)ccc3n2)cc1. The second-order valence-corrected chi connectivity index (χ2v) is 6.02. The summed E-state index contributed by atoms with van der Waals surface area (Å²) < 4.78 is 0. The van der Waals surface area contributed by atoms with Crippen LogP contribution in [0.15, 0.2) is 79.0 Å². The van der Waals surface area contributed by atoms with Crippen LogP contribution in [-0.2, 0) is 0 Å². The molecule has 0 unspecified atom stereocenters. The molecule has 3 heteroatoms. The smallest absolute Gasteiger partial charge is 0.193 e. The first-order valence-electron chi connectivity index (χ1n) is 8.14. The van der Waals surface area contributed by atoms with Crippen LogP contribution < -0.4 is 0 Å². The van der Waals surface area contributed by atoms with Gasteiger partial charge in [-0.2, -0.15) is 0 Å². The van der Waals surface area contributed by atoms with Gasteiger partial charge in [0.25, 0.3) is 0 Å². The lowest BCUT2D eigenvalue weighted by molar-refractivity contribution is 0.103. The van der Waals surface area contributed by atoms with Gasteiger partial charge in [-0.3, -0.25) is 9.78 Å². The third-order valence-corrected chi connectivity index (χ3v) is 4.19. The molecule has 120 valence electrons. The largest absolute Gasteiger partial charge is 0.289 e. The molecule has 0 N–H and O–H groups in total. The number of aromatic nitrogens is 2. The summed E-state index contributed by atoms with van der Waals surface area (Å²) in [6, 6.07) is 22.9. The van der Waals surface area contributed by atoms with Crippen molar-refractivity contribution in [2.24, 2.45) is 0 Å². The van der Waals surface area contributed by atoms with Crippen LogP contribution in [0.3, 0.4) is 0 Å². The van der Waals surface area contributed by atoms with Crippen LogP contribution in [0.2, 0.25) is 0 Å². The Bertz CT molecular complexity index is 1050. The number of aryl methyl sites for hydroxylation is 1. The lowest BCUT2D eigenvalue weighted by Crippen LogP contribution is -2.01. The maximum Gasteiger partial charge on any atom is 0.193 e. The van der Waals surface area contributed by atoms with E-state index in [4.69, 9.17) is 0 Å². The van der Waals surface area contributed by atoms with Crippen LogP contribution in [0.25, 0.3) is 22.3 Å². The van der Waals surface area contributed by atoms with Crippen LogP contribution in [0.4, 0.5) is 0 Å². The molecule has 4 rings (SSSR count). The Morgan fingerprint density at radius 1 is 0.800 bits per heavy atom. The summed E-state index contributed by atoms with van der Waals surface area (Å²) in [4.78, 5) is 21.7. The van der Waals surface area contributed by atoms with Crippen LogP contribution >= 0.6 is 0 Å². The minimum absolute atomic E-state index is 0.00749. The second kappa shape index (κ2) is 6.29. The highest BCUT2D eigenvalue weighted by Gasteiger charge is 2.10. The zero-order valence-electron chi connectivity index (χ0n) is 13.8. The van der Waals surface area contributed by atoms with Crippen LogP contribution in [0.5, 0.6) is 0 Å². The topological polar surface area (TPSA) is 42.9 Å². The van der Waals surface area contributed by atoms with Crippen LogP contribution in [0.1, 0.15) is 21.5 Å². The van der Waals surface area contributed by atoms with Gasteiger partial charge in [-0.25, -0.2) is 4.98 Å². The van der Waals surface area contributed by atoms with Crippen molar-refractivity contribution in [3.05, 3.63) is 95.7 Å². The Balaban J connectivity index is 1.72. The van der Waals surface area contributed by atoms with Crippen molar-refractivity contribution < 1.29 is 4.79 Å². The Kier molecular flexibility index (Phi) is 3.82. The zero-order valence-corrected chi connectivity index (χ0v) is 13.8. The normalized spacial score (nSPS) is 10.8. The van der Waals surface area contributed by atoms with E-state index in [0.29, 0.717) is 11.1 Å². The summed E-state index contributed by atoms with van der Waals surface area (Å²) in [7, 11) is 0. The first-order chi connectivity index (χ1) is 12.2. The molecule has 0 fully saturated rings. The van der Waals surface area contributed by atoms with Gasteiger partial charge in [-0.05, 0) is 25.1 Å². The van der Waals surface area contributed by atoms with Crippen molar-refractivity contribution in [2.75, 3.05) is 0 Å². The first-order valence-corrected chi connectivity index (χ1v) is 8.14. The van der Waals surface area contributed by atoms with Gasteiger partial charge in [-0.15, -0.1) is 0 Å². The van der Waals surface area contributed by atoms with Gasteiger partial charge >= 0.3 is 0 Å². The van der Waals surface area contributed by atoms with E-state index >= 15 is 0 Å². The van der Waals surface area contributed by atoms with Crippen molar-refractivity contribution in [2.45, 2.75) is 6.92 Å². The molecule has 0 atom stereocenters. The highest BCUT2D eigenvalue weighted by Crippen LogP contribution is 2.21. The highest BCUT2D eigenvalue weighted by atomic mass is 16.1. The van der Waals surface area contributed by atoms with Crippen molar-refractivity contribution in [3.8, 4) is 11.3 Å². The number of hydrogen-bond acceptors (Lipinski definition) is 3. The molecule has 1 heterocycles. The first kappa shape index (κ1) is 15.2. The van der Waals surface area contributed by atoms with Crippen LogP contribution in [-0.4, -0.2) is 15.8 Å². The summed E-state index contributed by atoms with van der Waals surface area (Å²) in [5.41, 5.74) is 5.86. The minimum atomic E-state index is -0.00749. The number of benzene rings is 3. The predicted octanol–water partition coefficient (Wildman–Crippen LogP) is 4.84. The highest BCUT2D eigenvalue weighted by molar-refractivity contribution is 6.10. The number of carbonyl (C=O) groups excluding carboxylic acids is 1. The van der Waals surface area contributed by atoms with E-state index in [1.54, 1.807) is 12.3 Å². The van der Waals surface area contributed by atoms with Crippen molar-refractivity contribution in [1.82, 2.24) is 9.97 Å². The lowest BCUT2D eigenvalue weighted by Gasteiger charge is -2.05. The molecule has 0 saturated carbocycles. The van der Waals surface area contributed by atoms with Crippen LogP contribution in [0, 0.1) is 6.92 Å². The maximum absolute atomic E-state index is 12.6. The van der Waals surface area contributed by atoms with E-state index in [9.17, 15) is 4.79 Å². The molecular weight excluding hydrogens is 308 g/mol. The molecule has 0 aliphatic heterocycles. The lowest BCUT2D eigenvalue weighted by atomic mass is 10.0. The minimum Gasteiger partial charge on any atom is -0.289 e. The summed E-state index contributed by atoms with van der Waals surface area (Å²) in [6.07, 6.45) is 1.75. The summed E-state index contributed by atoms with van der Waals surface area (Å²) in [5.74, 6) is -0.00749. The fraction of sp³-hybridized carbons (Fsp3) is 0.0455. The molecule has 25 heavy (non-hydrogen) atoms. The average Bonchev–Trinajstić information content (AvgIpc) is 2.68. The Labute approximate surface area is 146 Å². The van der Waals surface area contributed by atoms with Gasteiger partial charge < -0.3 is 0 Å². The van der Waals surface area contributed by atoms with E-state index < -0.39 is 0 Å². The number of carbonyl (C=O) groups is 1. The van der Waals surface area contributed by atoms with Gasteiger partial charge in [0.15, 0.2) is 5.78 Å². The Morgan fingerprint density at radius 3 is 2.32 bits per heavy atom. The number of ketones is 1. The number of fused-ring (bicyclic) bond motifs is 1. The van der Waals surface area contributed by atoms with E-state index in [2.05, 4.69) is 29.0 Å². The molecule has 3 nitrogen and oxygen atoms in total. The molecule has 1 aromatic heterocycles. The fourth-order valence-electron chi connectivity index (χ4n) is 2.77. The molecule has 0 saturated heterocycles. The molecule has 0 amide bonds. The Morgan fingerprint density at radius 2 is 1.56 bits per heavy atom. The second-order valence-electron chi connectivity index (χ2n) is 6.02. The van der Waals surface area contributed by atoms with Gasteiger partial charge in [-0.1, -0.05) is 60.2 Å². The summed E-state index contributed by atoms with van der Waals surface area (Å²) in [5, 5.41) is 0.